The minimum absolute atomic E-state index is 0. The van der Waals surface area contributed by atoms with E-state index in [0.717, 1.165) is 51.0 Å². The van der Waals surface area contributed by atoms with Crippen molar-refractivity contribution in [2.45, 2.75) is 38.3 Å². The summed E-state index contributed by atoms with van der Waals surface area (Å²) in [5, 5.41) is 0. The predicted octanol–water partition coefficient (Wildman–Crippen LogP) is 5.28. The monoisotopic (exact) mass is 537 g/mol. The third kappa shape index (κ3) is 7.71. The largest absolute Gasteiger partial charge is 0.416 e. The summed E-state index contributed by atoms with van der Waals surface area (Å²) < 4.78 is 40.0. The van der Waals surface area contributed by atoms with Crippen molar-refractivity contribution in [1.29, 1.82) is 0 Å². The molecule has 0 spiro atoms. The van der Waals surface area contributed by atoms with Gasteiger partial charge in [0.2, 0.25) is 11.8 Å². The van der Waals surface area contributed by atoms with Crippen LogP contribution in [0.15, 0.2) is 54.6 Å². The molecular weight excluding hydrogens is 503 g/mol. The lowest BCUT2D eigenvalue weighted by Gasteiger charge is -2.33. The number of anilines is 1. The molecule has 202 valence electrons. The van der Waals surface area contributed by atoms with Crippen LogP contribution in [0.1, 0.15) is 36.8 Å². The first-order valence-electron chi connectivity index (χ1n) is 12.7. The van der Waals surface area contributed by atoms with Crippen molar-refractivity contribution in [3.8, 4) is 0 Å². The highest BCUT2D eigenvalue weighted by Crippen LogP contribution is 2.33. The maximum Gasteiger partial charge on any atom is 0.416 e. The van der Waals surface area contributed by atoms with Gasteiger partial charge in [-0.05, 0) is 75.0 Å². The number of hydrogen-bond acceptors (Lipinski definition) is 3. The first kappa shape index (κ1) is 29.0. The van der Waals surface area contributed by atoms with E-state index in [9.17, 15) is 22.8 Å². The van der Waals surface area contributed by atoms with Gasteiger partial charge in [-0.1, -0.05) is 36.4 Å². The highest BCUT2D eigenvalue weighted by molar-refractivity contribution is 5.99. The Morgan fingerprint density at radius 1 is 1.05 bits per heavy atom. The molecule has 2 heterocycles. The molecule has 2 aromatic rings. The van der Waals surface area contributed by atoms with Gasteiger partial charge in [-0.3, -0.25) is 9.59 Å². The number of amides is 2. The average molecular weight is 538 g/mol. The van der Waals surface area contributed by atoms with Gasteiger partial charge in [0.25, 0.3) is 0 Å². The molecule has 2 aliphatic heterocycles. The number of likely N-dealkylation sites (tertiary alicyclic amines) is 2. The minimum Gasteiger partial charge on any atom is -0.345 e. The van der Waals surface area contributed by atoms with Gasteiger partial charge in [-0.25, -0.2) is 0 Å². The number of carbonyl (C=O) groups is 2. The predicted molar refractivity (Wildman–Crippen MR) is 141 cm³/mol. The molecule has 0 aromatic heterocycles. The summed E-state index contributed by atoms with van der Waals surface area (Å²) in [6, 6.07) is 15.4. The first-order valence-corrected chi connectivity index (χ1v) is 12.7. The molecule has 2 saturated heterocycles. The summed E-state index contributed by atoms with van der Waals surface area (Å²) in [4.78, 5) is 30.7. The molecule has 2 aliphatic rings. The van der Waals surface area contributed by atoms with Gasteiger partial charge < -0.3 is 14.7 Å². The molecule has 9 heteroatoms. The molecule has 0 bridgehead atoms. The first-order chi connectivity index (χ1) is 17.2. The molecule has 1 atom stereocenters. The van der Waals surface area contributed by atoms with Crippen LogP contribution in [-0.4, -0.2) is 61.4 Å². The second-order valence-corrected chi connectivity index (χ2v) is 10.0. The Balaban J connectivity index is 0.00000380. The summed E-state index contributed by atoms with van der Waals surface area (Å²) in [5.41, 5.74) is 0.818. The Kier molecular flexibility index (Phi) is 10.0. The van der Waals surface area contributed by atoms with Gasteiger partial charge in [0, 0.05) is 32.2 Å². The molecule has 0 N–H and O–H groups in total. The minimum atomic E-state index is -4.49. The zero-order valence-electron chi connectivity index (χ0n) is 21.1. The maximum atomic E-state index is 13.3. The summed E-state index contributed by atoms with van der Waals surface area (Å²) in [7, 11) is 1.64. The van der Waals surface area contributed by atoms with Crippen molar-refractivity contribution in [1.82, 2.24) is 9.80 Å². The molecule has 0 radical (unpaired) electrons. The van der Waals surface area contributed by atoms with E-state index in [4.69, 9.17) is 0 Å². The van der Waals surface area contributed by atoms with Crippen molar-refractivity contribution < 1.29 is 22.8 Å². The molecule has 2 amide bonds. The molecule has 4 rings (SSSR count). The molecule has 37 heavy (non-hydrogen) atoms. The standard InChI is InChI=1S/C28H34F3N3O2.ClH/c1-32-20-23(18-26(32)35)27(36)34(25-10-5-9-24(19-25)28(29,30)31)14-6-13-33-15-11-22(12-16-33)17-21-7-3-2-4-8-21;/h2-5,7-10,19,22-23H,6,11-18,20H2,1H3;1H. The fourth-order valence-electron chi connectivity index (χ4n) is 5.28. The average Bonchev–Trinajstić information content (AvgIpc) is 3.21. The summed E-state index contributed by atoms with van der Waals surface area (Å²) in [5.74, 6) is -0.279. The number of benzene rings is 2. The van der Waals surface area contributed by atoms with E-state index in [1.807, 2.05) is 6.07 Å². The number of carbonyl (C=O) groups excluding carboxylic acids is 2. The van der Waals surface area contributed by atoms with E-state index in [2.05, 4.69) is 29.2 Å². The smallest absolute Gasteiger partial charge is 0.345 e. The molecule has 0 saturated carbocycles. The normalized spacial score (nSPS) is 19.1. The number of rotatable bonds is 8. The van der Waals surface area contributed by atoms with Crippen LogP contribution in [0.2, 0.25) is 0 Å². The van der Waals surface area contributed by atoms with E-state index >= 15 is 0 Å². The lowest BCUT2D eigenvalue weighted by molar-refractivity contribution is -0.137. The molecular formula is C28H35ClF3N3O2. The van der Waals surface area contributed by atoms with Crippen molar-refractivity contribution >= 4 is 29.9 Å². The highest BCUT2D eigenvalue weighted by Gasteiger charge is 2.36. The maximum absolute atomic E-state index is 13.3. The van der Waals surface area contributed by atoms with Crippen molar-refractivity contribution in [2.75, 3.05) is 44.7 Å². The topological polar surface area (TPSA) is 43.9 Å². The Morgan fingerprint density at radius 3 is 2.38 bits per heavy atom. The zero-order chi connectivity index (χ0) is 25.7. The van der Waals surface area contributed by atoms with Crippen LogP contribution in [0.25, 0.3) is 0 Å². The van der Waals surface area contributed by atoms with Gasteiger partial charge in [0.1, 0.15) is 0 Å². The van der Waals surface area contributed by atoms with E-state index in [0.29, 0.717) is 25.4 Å². The third-order valence-electron chi connectivity index (χ3n) is 7.37. The van der Waals surface area contributed by atoms with Crippen LogP contribution >= 0.6 is 12.4 Å². The fourth-order valence-corrected chi connectivity index (χ4v) is 5.28. The van der Waals surface area contributed by atoms with E-state index in [1.54, 1.807) is 13.1 Å². The molecule has 5 nitrogen and oxygen atoms in total. The SMILES string of the molecule is CN1CC(C(=O)N(CCCN2CCC(Cc3ccccc3)CC2)c2cccc(C(F)(F)F)c2)CC1=O.Cl. The molecule has 0 aliphatic carbocycles. The van der Waals surface area contributed by atoms with Gasteiger partial charge in [-0.15, -0.1) is 12.4 Å². The van der Waals surface area contributed by atoms with Crippen LogP contribution in [-0.2, 0) is 22.2 Å². The van der Waals surface area contributed by atoms with Crippen LogP contribution in [0, 0.1) is 11.8 Å². The van der Waals surface area contributed by atoms with E-state index < -0.39 is 17.7 Å². The van der Waals surface area contributed by atoms with Crippen LogP contribution in [0.5, 0.6) is 0 Å². The Bertz CT molecular complexity index is 1040. The Labute approximate surface area is 223 Å². The molecule has 1 unspecified atom stereocenters. The highest BCUT2D eigenvalue weighted by atomic mass is 35.5. The van der Waals surface area contributed by atoms with Crippen molar-refractivity contribution in [3.63, 3.8) is 0 Å². The van der Waals surface area contributed by atoms with Gasteiger partial charge in [0.05, 0.1) is 11.5 Å². The number of nitrogens with zero attached hydrogens (tertiary/aromatic N) is 3. The summed E-state index contributed by atoms with van der Waals surface area (Å²) >= 11 is 0. The zero-order valence-corrected chi connectivity index (χ0v) is 21.9. The number of alkyl halides is 3. The number of hydrogen-bond donors (Lipinski definition) is 0. The van der Waals surface area contributed by atoms with Crippen LogP contribution in [0.4, 0.5) is 18.9 Å². The summed E-state index contributed by atoms with van der Waals surface area (Å²) in [6.07, 6.45) is -0.426. The van der Waals surface area contributed by atoms with Crippen LogP contribution < -0.4 is 4.90 Å². The van der Waals surface area contributed by atoms with Crippen molar-refractivity contribution in [2.24, 2.45) is 11.8 Å². The number of halogens is 4. The lowest BCUT2D eigenvalue weighted by Crippen LogP contribution is -2.40. The van der Waals surface area contributed by atoms with Crippen LogP contribution in [0.3, 0.4) is 0 Å². The Morgan fingerprint density at radius 2 is 1.76 bits per heavy atom. The fraction of sp³-hybridized carbons (Fsp3) is 0.500. The van der Waals surface area contributed by atoms with E-state index in [1.165, 1.54) is 21.4 Å². The Hall–Kier alpha value is -2.58. The van der Waals surface area contributed by atoms with Crippen molar-refractivity contribution in [3.05, 3.63) is 65.7 Å². The molecule has 2 aromatic carbocycles. The van der Waals surface area contributed by atoms with Gasteiger partial charge >= 0.3 is 6.18 Å². The second kappa shape index (κ2) is 12.8. The summed E-state index contributed by atoms with van der Waals surface area (Å²) in [6.45, 7) is 3.36. The lowest BCUT2D eigenvalue weighted by atomic mass is 9.90. The quantitative estimate of drug-likeness (QED) is 0.460. The van der Waals surface area contributed by atoms with Gasteiger partial charge in [0.15, 0.2) is 0 Å². The second-order valence-electron chi connectivity index (χ2n) is 10.0. The van der Waals surface area contributed by atoms with Gasteiger partial charge in [-0.2, -0.15) is 13.2 Å². The van der Waals surface area contributed by atoms with E-state index in [-0.39, 0.29) is 36.3 Å². The third-order valence-corrected chi connectivity index (χ3v) is 7.37. The molecule has 2 fully saturated rings. The number of piperidine rings is 1.